The first-order valence-corrected chi connectivity index (χ1v) is 7.92. The molecule has 1 fully saturated rings. The van der Waals surface area contributed by atoms with Gasteiger partial charge in [-0.2, -0.15) is 0 Å². The van der Waals surface area contributed by atoms with Gasteiger partial charge < -0.3 is 5.73 Å². The van der Waals surface area contributed by atoms with Gasteiger partial charge in [-0.1, -0.05) is 38.5 Å². The summed E-state index contributed by atoms with van der Waals surface area (Å²) in [5, 5.41) is 14.0. The summed E-state index contributed by atoms with van der Waals surface area (Å²) in [6, 6.07) is -0.545. The molecule has 0 spiro atoms. The van der Waals surface area contributed by atoms with Crippen molar-refractivity contribution < 1.29 is 9.59 Å². The third kappa shape index (κ3) is 3.93. The third-order valence-electron chi connectivity index (χ3n) is 3.48. The summed E-state index contributed by atoms with van der Waals surface area (Å²) >= 11 is 1.27. The fraction of sp³-hybridized carbons (Fsp3) is 0.750. The second-order valence-electron chi connectivity index (χ2n) is 5.48. The standard InChI is InChI=1S/C12H20N6O2S/c1-7(2)9(10(19)14-11(13)20)21-12-15-16-17-18(12)8-5-3-4-6-8/h7-9H,3-6H2,1-2H3,(H3,13,14,19,20)/t9-/m1/s1. The molecule has 0 radical (unpaired) electrons. The van der Waals surface area contributed by atoms with E-state index in [2.05, 4.69) is 20.8 Å². The number of aromatic nitrogens is 4. The van der Waals surface area contributed by atoms with Crippen molar-refractivity contribution in [2.45, 2.75) is 56.0 Å². The van der Waals surface area contributed by atoms with Gasteiger partial charge in [0.2, 0.25) is 11.1 Å². The number of carbonyl (C=O) groups is 2. The molecule has 116 valence electrons. The van der Waals surface area contributed by atoms with Crippen molar-refractivity contribution in [2.24, 2.45) is 11.7 Å². The normalized spacial score (nSPS) is 17.1. The van der Waals surface area contributed by atoms with Crippen LogP contribution in [-0.4, -0.2) is 37.4 Å². The van der Waals surface area contributed by atoms with Crippen LogP contribution < -0.4 is 11.1 Å². The van der Waals surface area contributed by atoms with Gasteiger partial charge in [0.15, 0.2) is 0 Å². The Kier molecular flexibility index (Phi) is 5.16. The molecule has 1 aliphatic carbocycles. The Morgan fingerprint density at radius 3 is 2.62 bits per heavy atom. The number of imide groups is 1. The zero-order valence-electron chi connectivity index (χ0n) is 12.2. The van der Waals surface area contributed by atoms with Gasteiger partial charge in [0.05, 0.1) is 11.3 Å². The molecule has 1 aromatic heterocycles. The van der Waals surface area contributed by atoms with Gasteiger partial charge in [0.1, 0.15) is 0 Å². The van der Waals surface area contributed by atoms with Crippen LogP contribution in [-0.2, 0) is 4.79 Å². The van der Waals surface area contributed by atoms with Crippen molar-refractivity contribution in [3.8, 4) is 0 Å². The molecule has 0 bridgehead atoms. The minimum atomic E-state index is -0.846. The number of nitrogens with one attached hydrogen (secondary N) is 1. The number of hydrogen-bond acceptors (Lipinski definition) is 6. The second kappa shape index (κ2) is 6.88. The molecule has 9 heteroatoms. The lowest BCUT2D eigenvalue weighted by Crippen LogP contribution is -2.42. The van der Waals surface area contributed by atoms with Crippen molar-refractivity contribution >= 4 is 23.7 Å². The molecule has 1 heterocycles. The number of rotatable bonds is 5. The van der Waals surface area contributed by atoms with Crippen LogP contribution in [0.1, 0.15) is 45.6 Å². The van der Waals surface area contributed by atoms with E-state index in [1.54, 1.807) is 4.68 Å². The molecule has 0 saturated heterocycles. The minimum absolute atomic E-state index is 0.0167. The lowest BCUT2D eigenvalue weighted by atomic mass is 10.1. The number of hydrogen-bond donors (Lipinski definition) is 2. The minimum Gasteiger partial charge on any atom is -0.351 e. The van der Waals surface area contributed by atoms with E-state index in [1.165, 1.54) is 24.6 Å². The van der Waals surface area contributed by atoms with Crippen LogP contribution in [0.2, 0.25) is 0 Å². The SMILES string of the molecule is CC(C)[C@@H](Sc1nnnn1C1CCCC1)C(=O)NC(N)=O. The summed E-state index contributed by atoms with van der Waals surface area (Å²) in [6.07, 6.45) is 4.45. The number of primary amides is 1. The van der Waals surface area contributed by atoms with Crippen molar-refractivity contribution in [2.75, 3.05) is 0 Å². The molecule has 0 unspecified atom stereocenters. The Balaban J connectivity index is 2.12. The van der Waals surface area contributed by atoms with Crippen LogP contribution in [0.5, 0.6) is 0 Å². The highest BCUT2D eigenvalue weighted by Gasteiger charge is 2.29. The summed E-state index contributed by atoms with van der Waals surface area (Å²) in [4.78, 5) is 22.9. The average molecular weight is 312 g/mol. The van der Waals surface area contributed by atoms with Crippen LogP contribution >= 0.6 is 11.8 Å². The van der Waals surface area contributed by atoms with Crippen molar-refractivity contribution in [1.82, 2.24) is 25.5 Å². The highest BCUT2D eigenvalue weighted by molar-refractivity contribution is 8.00. The monoisotopic (exact) mass is 312 g/mol. The molecule has 0 aromatic carbocycles. The Labute approximate surface area is 127 Å². The maximum atomic E-state index is 12.0. The van der Waals surface area contributed by atoms with Gasteiger partial charge in [-0.25, -0.2) is 9.48 Å². The number of urea groups is 1. The quantitative estimate of drug-likeness (QED) is 0.786. The van der Waals surface area contributed by atoms with Crippen LogP contribution in [0.25, 0.3) is 0 Å². The van der Waals surface area contributed by atoms with Gasteiger partial charge in [-0.15, -0.1) is 5.10 Å². The zero-order chi connectivity index (χ0) is 15.4. The molecule has 8 nitrogen and oxygen atoms in total. The van der Waals surface area contributed by atoms with Crippen LogP contribution in [0.4, 0.5) is 4.79 Å². The van der Waals surface area contributed by atoms with E-state index in [-0.39, 0.29) is 5.92 Å². The lowest BCUT2D eigenvalue weighted by molar-refractivity contribution is -0.120. The molecule has 0 aliphatic heterocycles. The first-order chi connectivity index (χ1) is 9.99. The van der Waals surface area contributed by atoms with E-state index in [0.29, 0.717) is 11.2 Å². The predicted molar refractivity (Wildman–Crippen MR) is 77.5 cm³/mol. The van der Waals surface area contributed by atoms with Crippen LogP contribution in [0.15, 0.2) is 5.16 Å². The van der Waals surface area contributed by atoms with E-state index in [9.17, 15) is 9.59 Å². The highest BCUT2D eigenvalue weighted by Crippen LogP contribution is 2.33. The molecule has 1 atom stereocenters. The van der Waals surface area contributed by atoms with E-state index in [4.69, 9.17) is 5.73 Å². The van der Waals surface area contributed by atoms with E-state index in [1.807, 2.05) is 13.8 Å². The molecule has 1 saturated carbocycles. The number of amides is 3. The maximum absolute atomic E-state index is 12.0. The van der Waals surface area contributed by atoms with Gasteiger partial charge in [-0.3, -0.25) is 10.1 Å². The summed E-state index contributed by atoms with van der Waals surface area (Å²) in [5.41, 5.74) is 5.01. The van der Waals surface area contributed by atoms with E-state index < -0.39 is 17.2 Å². The number of nitrogens with two attached hydrogens (primary N) is 1. The summed E-state index contributed by atoms with van der Waals surface area (Å²) < 4.78 is 1.80. The van der Waals surface area contributed by atoms with Gasteiger partial charge in [0, 0.05) is 0 Å². The van der Waals surface area contributed by atoms with Gasteiger partial charge in [0.25, 0.3) is 0 Å². The molecule has 1 aliphatic rings. The summed E-state index contributed by atoms with van der Waals surface area (Å²) in [7, 11) is 0. The topological polar surface area (TPSA) is 116 Å². The molecule has 3 N–H and O–H groups in total. The highest BCUT2D eigenvalue weighted by atomic mass is 32.2. The number of tetrazole rings is 1. The first-order valence-electron chi connectivity index (χ1n) is 7.04. The Bertz CT molecular complexity index is 512. The molecule has 1 aromatic rings. The molecule has 3 amide bonds. The summed E-state index contributed by atoms with van der Waals surface area (Å²) in [5.74, 6) is -0.397. The largest absolute Gasteiger partial charge is 0.351 e. The maximum Gasteiger partial charge on any atom is 0.318 e. The summed E-state index contributed by atoms with van der Waals surface area (Å²) in [6.45, 7) is 3.81. The zero-order valence-corrected chi connectivity index (χ0v) is 13.0. The molecular weight excluding hydrogens is 292 g/mol. The Morgan fingerprint density at radius 1 is 1.38 bits per heavy atom. The van der Waals surface area contributed by atoms with E-state index in [0.717, 1.165) is 12.8 Å². The van der Waals surface area contributed by atoms with Crippen molar-refractivity contribution in [1.29, 1.82) is 0 Å². The van der Waals surface area contributed by atoms with Crippen molar-refractivity contribution in [3.05, 3.63) is 0 Å². The smallest absolute Gasteiger partial charge is 0.318 e. The first kappa shape index (κ1) is 15.7. The lowest BCUT2D eigenvalue weighted by Gasteiger charge is -2.19. The Hall–Kier alpha value is -1.64. The third-order valence-corrected chi connectivity index (χ3v) is 4.97. The molecule has 2 rings (SSSR count). The Morgan fingerprint density at radius 2 is 2.05 bits per heavy atom. The second-order valence-corrected chi connectivity index (χ2v) is 6.59. The predicted octanol–water partition coefficient (Wildman–Crippen LogP) is 1.10. The van der Waals surface area contributed by atoms with Gasteiger partial charge >= 0.3 is 6.03 Å². The van der Waals surface area contributed by atoms with Crippen LogP contribution in [0.3, 0.4) is 0 Å². The van der Waals surface area contributed by atoms with E-state index >= 15 is 0 Å². The number of carbonyl (C=O) groups excluding carboxylic acids is 2. The fourth-order valence-corrected chi connectivity index (χ4v) is 3.48. The van der Waals surface area contributed by atoms with Crippen molar-refractivity contribution in [3.63, 3.8) is 0 Å². The average Bonchev–Trinajstić information content (AvgIpc) is 3.05. The molecular formula is C12H20N6O2S. The molecule has 21 heavy (non-hydrogen) atoms. The van der Waals surface area contributed by atoms with Gasteiger partial charge in [-0.05, 0) is 29.2 Å². The van der Waals surface area contributed by atoms with Crippen LogP contribution in [0, 0.1) is 5.92 Å². The fourth-order valence-electron chi connectivity index (χ4n) is 2.44. The number of nitrogens with zero attached hydrogens (tertiary/aromatic N) is 4. The number of thioether (sulfide) groups is 1.